The number of pyridine rings is 1. The summed E-state index contributed by atoms with van der Waals surface area (Å²) in [5, 5.41) is 0. The third kappa shape index (κ3) is 5.71. The molecule has 0 atom stereocenters. The summed E-state index contributed by atoms with van der Waals surface area (Å²) in [6, 6.07) is 18.6. The lowest BCUT2D eigenvalue weighted by Gasteiger charge is -2.18. The molecule has 0 amide bonds. The van der Waals surface area contributed by atoms with E-state index in [1.807, 2.05) is 0 Å². The number of aromatic nitrogens is 1. The van der Waals surface area contributed by atoms with Crippen molar-refractivity contribution in [2.75, 3.05) is 0 Å². The van der Waals surface area contributed by atoms with Crippen LogP contribution in [0.5, 0.6) is 0 Å². The fourth-order valence-electron chi connectivity index (χ4n) is 4.61. The monoisotopic (exact) mass is 569 g/mol. The van der Waals surface area contributed by atoms with E-state index in [0.29, 0.717) is 0 Å². The van der Waals surface area contributed by atoms with E-state index in [2.05, 4.69) is 4.98 Å². The zero-order valence-corrected chi connectivity index (χ0v) is 21.6. The second-order valence-corrected chi connectivity index (χ2v) is 9.34. The van der Waals surface area contributed by atoms with Gasteiger partial charge in [0.2, 0.25) is 0 Å². The number of aromatic amines is 1. The number of halogens is 4. The second-order valence-electron chi connectivity index (χ2n) is 9.34. The Bertz CT molecular complexity index is 1910. The van der Waals surface area contributed by atoms with Crippen LogP contribution >= 0.6 is 0 Å². The first-order chi connectivity index (χ1) is 20.1. The molecule has 1 heterocycles. The summed E-state index contributed by atoms with van der Waals surface area (Å²) in [4.78, 5) is 56.8. The van der Waals surface area contributed by atoms with Crippen LogP contribution in [0.3, 0.4) is 0 Å². The van der Waals surface area contributed by atoms with Crippen molar-refractivity contribution in [1.29, 1.82) is 0 Å². The Morgan fingerprint density at radius 2 is 1.17 bits per heavy atom. The number of nitrogens with one attached hydrogen (secondary N) is 1. The van der Waals surface area contributed by atoms with Crippen LogP contribution in [0.2, 0.25) is 0 Å². The van der Waals surface area contributed by atoms with E-state index in [9.17, 15) is 36.7 Å². The van der Waals surface area contributed by atoms with Crippen LogP contribution in [0.25, 0.3) is 22.4 Å². The fraction of sp³-hybridized carbons (Fsp3) is 0.0303. The summed E-state index contributed by atoms with van der Waals surface area (Å²) < 4.78 is 55.7. The lowest BCUT2D eigenvalue weighted by atomic mass is 9.85. The Balaban J connectivity index is 1.81. The molecule has 4 aromatic carbocycles. The zero-order chi connectivity index (χ0) is 30.0. The van der Waals surface area contributed by atoms with Crippen LogP contribution in [0.1, 0.15) is 43.1 Å². The Labute approximate surface area is 236 Å². The maximum Gasteiger partial charge on any atom is 0.260 e. The van der Waals surface area contributed by atoms with E-state index in [-0.39, 0.29) is 39.1 Å². The molecule has 0 fully saturated rings. The van der Waals surface area contributed by atoms with Gasteiger partial charge in [-0.2, -0.15) is 0 Å². The van der Waals surface area contributed by atoms with Crippen LogP contribution in [0.4, 0.5) is 17.6 Å². The Hall–Kier alpha value is -5.44. The van der Waals surface area contributed by atoms with Crippen LogP contribution < -0.4 is 5.56 Å². The molecule has 208 valence electrons. The molecule has 0 aliphatic rings. The Kier molecular flexibility index (Phi) is 7.75. The molecule has 0 aliphatic carbocycles. The number of carbonyl (C=O) groups is 3. The van der Waals surface area contributed by atoms with E-state index in [1.54, 1.807) is 0 Å². The lowest BCUT2D eigenvalue weighted by Crippen LogP contribution is -2.25. The van der Waals surface area contributed by atoms with Crippen molar-refractivity contribution >= 4 is 17.3 Å². The van der Waals surface area contributed by atoms with Gasteiger partial charge >= 0.3 is 0 Å². The standard InChI is InChI=1S/C33H19F4NO4/c34-22-11-7-18(8-12-22)31-29(27(40)17-26(39)20-3-1-5-24(36)15-20)28(21-4-2-6-25(37)16-21)30(33(42)38-31)32(41)19-9-13-23(35)14-10-19/h1-16H,17H2,(H,38,42). The molecule has 0 unspecified atom stereocenters. The minimum Gasteiger partial charge on any atom is -0.321 e. The van der Waals surface area contributed by atoms with E-state index in [1.165, 1.54) is 36.4 Å². The molecule has 0 radical (unpaired) electrons. The molecular formula is C33H19F4NO4. The molecule has 0 bridgehead atoms. The summed E-state index contributed by atoms with van der Waals surface area (Å²) in [6.07, 6.45) is -0.809. The first-order valence-electron chi connectivity index (χ1n) is 12.6. The molecule has 1 N–H and O–H groups in total. The summed E-state index contributed by atoms with van der Waals surface area (Å²) in [5.74, 6) is -5.22. The van der Waals surface area contributed by atoms with Gasteiger partial charge in [0.15, 0.2) is 17.3 Å². The Morgan fingerprint density at radius 3 is 1.79 bits per heavy atom. The van der Waals surface area contributed by atoms with Gasteiger partial charge in [0.05, 0.1) is 23.2 Å². The molecule has 0 saturated carbocycles. The number of benzene rings is 4. The van der Waals surface area contributed by atoms with Crippen molar-refractivity contribution in [2.24, 2.45) is 0 Å². The fourth-order valence-corrected chi connectivity index (χ4v) is 4.61. The van der Waals surface area contributed by atoms with Gasteiger partial charge < -0.3 is 4.98 Å². The molecule has 42 heavy (non-hydrogen) atoms. The lowest BCUT2D eigenvalue weighted by molar-refractivity contribution is 0.0894. The zero-order valence-electron chi connectivity index (χ0n) is 21.6. The number of Topliss-reactive ketones (excluding diaryl/α,β-unsaturated/α-hetero) is 2. The van der Waals surface area contributed by atoms with Gasteiger partial charge in [0.1, 0.15) is 23.3 Å². The first kappa shape index (κ1) is 28.1. The number of hydrogen-bond acceptors (Lipinski definition) is 4. The van der Waals surface area contributed by atoms with Gasteiger partial charge in [0, 0.05) is 16.7 Å². The van der Waals surface area contributed by atoms with Crippen molar-refractivity contribution in [3.63, 3.8) is 0 Å². The van der Waals surface area contributed by atoms with Crippen molar-refractivity contribution in [3.8, 4) is 22.4 Å². The Morgan fingerprint density at radius 1 is 0.571 bits per heavy atom. The summed E-state index contributed by atoms with van der Waals surface area (Å²) in [6.45, 7) is 0. The van der Waals surface area contributed by atoms with Crippen LogP contribution in [0.15, 0.2) is 102 Å². The predicted molar refractivity (Wildman–Crippen MR) is 147 cm³/mol. The van der Waals surface area contributed by atoms with Crippen LogP contribution in [-0.2, 0) is 0 Å². The molecule has 5 aromatic rings. The third-order valence-corrected chi connectivity index (χ3v) is 6.54. The maximum absolute atomic E-state index is 14.5. The SMILES string of the molecule is O=C(CC(=O)c1c(-c2ccc(F)cc2)[nH]c(=O)c(C(=O)c2ccc(F)cc2)c1-c1cccc(F)c1)c1cccc(F)c1. The number of rotatable bonds is 8. The summed E-state index contributed by atoms with van der Waals surface area (Å²) in [5.41, 5.74) is -2.31. The number of H-pyrrole nitrogens is 1. The van der Waals surface area contributed by atoms with Gasteiger partial charge in [-0.3, -0.25) is 19.2 Å². The minimum atomic E-state index is -0.962. The summed E-state index contributed by atoms with van der Waals surface area (Å²) in [7, 11) is 0. The second kappa shape index (κ2) is 11.6. The van der Waals surface area contributed by atoms with Gasteiger partial charge in [-0.1, -0.05) is 24.3 Å². The predicted octanol–water partition coefficient (Wildman–Crippen LogP) is 6.95. The van der Waals surface area contributed by atoms with E-state index >= 15 is 0 Å². The smallest absolute Gasteiger partial charge is 0.260 e. The molecule has 0 saturated heterocycles. The van der Waals surface area contributed by atoms with Crippen LogP contribution in [0, 0.1) is 23.3 Å². The highest BCUT2D eigenvalue weighted by Gasteiger charge is 2.30. The average molecular weight is 570 g/mol. The van der Waals surface area contributed by atoms with Crippen molar-refractivity contribution in [1.82, 2.24) is 4.98 Å². The molecule has 0 spiro atoms. The third-order valence-electron chi connectivity index (χ3n) is 6.54. The van der Waals surface area contributed by atoms with Gasteiger partial charge in [-0.15, -0.1) is 0 Å². The largest absolute Gasteiger partial charge is 0.321 e. The molecule has 1 aromatic heterocycles. The number of carbonyl (C=O) groups excluding carboxylic acids is 3. The molecule has 9 heteroatoms. The highest BCUT2D eigenvalue weighted by molar-refractivity contribution is 6.21. The average Bonchev–Trinajstić information content (AvgIpc) is 2.97. The van der Waals surface area contributed by atoms with Crippen molar-refractivity contribution < 1.29 is 31.9 Å². The van der Waals surface area contributed by atoms with Crippen molar-refractivity contribution in [3.05, 3.63) is 153 Å². The maximum atomic E-state index is 14.5. The molecular weight excluding hydrogens is 550 g/mol. The van der Waals surface area contributed by atoms with Crippen LogP contribution in [-0.4, -0.2) is 22.3 Å². The van der Waals surface area contributed by atoms with E-state index < -0.39 is 58.2 Å². The first-order valence-corrected chi connectivity index (χ1v) is 12.6. The molecule has 5 rings (SSSR count). The minimum absolute atomic E-state index is 0.0310. The quantitative estimate of drug-likeness (QED) is 0.125. The summed E-state index contributed by atoms with van der Waals surface area (Å²) >= 11 is 0. The van der Waals surface area contributed by atoms with Gasteiger partial charge in [-0.25, -0.2) is 17.6 Å². The number of hydrogen-bond donors (Lipinski definition) is 1. The van der Waals surface area contributed by atoms with Gasteiger partial charge in [-0.05, 0) is 83.9 Å². The topological polar surface area (TPSA) is 84.1 Å². The molecule has 0 aliphatic heterocycles. The highest BCUT2D eigenvalue weighted by Crippen LogP contribution is 2.35. The highest BCUT2D eigenvalue weighted by atomic mass is 19.1. The van der Waals surface area contributed by atoms with E-state index in [0.717, 1.165) is 60.7 Å². The van der Waals surface area contributed by atoms with Gasteiger partial charge in [0.25, 0.3) is 5.56 Å². The normalized spacial score (nSPS) is 10.9. The van der Waals surface area contributed by atoms with Crippen molar-refractivity contribution in [2.45, 2.75) is 6.42 Å². The van der Waals surface area contributed by atoms with E-state index in [4.69, 9.17) is 0 Å². The molecule has 5 nitrogen and oxygen atoms in total. The number of ketones is 3.